The van der Waals surface area contributed by atoms with Crippen molar-refractivity contribution in [3.05, 3.63) is 29.3 Å². The third kappa shape index (κ3) is 3.03. The van der Waals surface area contributed by atoms with Gasteiger partial charge in [-0.25, -0.2) is 4.79 Å². The molecule has 0 bridgehead atoms. The number of hydrogen-bond acceptors (Lipinski definition) is 1. The Labute approximate surface area is 109 Å². The van der Waals surface area contributed by atoms with Gasteiger partial charge in [0.05, 0.1) is 0 Å². The highest BCUT2D eigenvalue weighted by Gasteiger charge is 2.21. The number of hydrogen-bond donors (Lipinski definition) is 1. The number of anilines is 1. The molecule has 1 atom stereocenters. The lowest BCUT2D eigenvalue weighted by atomic mass is 10.0. The molecule has 0 aliphatic carbocycles. The summed E-state index contributed by atoms with van der Waals surface area (Å²) in [4.78, 5) is 14.1. The molecule has 0 saturated carbocycles. The molecule has 1 aliphatic rings. The highest BCUT2D eigenvalue weighted by molar-refractivity contribution is 5.90. The number of likely N-dealkylation sites (tertiary alicyclic amines) is 1. The second-order valence-electron chi connectivity index (χ2n) is 5.44. The quantitative estimate of drug-likeness (QED) is 0.807. The molecule has 2 amide bonds. The fourth-order valence-corrected chi connectivity index (χ4v) is 2.52. The minimum atomic E-state index is 0.0357. The van der Waals surface area contributed by atoms with Crippen molar-refractivity contribution in [3.8, 4) is 0 Å². The van der Waals surface area contributed by atoms with Crippen LogP contribution in [0.3, 0.4) is 0 Å². The van der Waals surface area contributed by atoms with Crippen LogP contribution in [-0.2, 0) is 0 Å². The van der Waals surface area contributed by atoms with Crippen LogP contribution in [-0.4, -0.2) is 24.0 Å². The van der Waals surface area contributed by atoms with Gasteiger partial charge in [0, 0.05) is 18.8 Å². The number of amides is 2. The Bertz CT molecular complexity index is 442. The second-order valence-corrected chi connectivity index (χ2v) is 5.44. The summed E-state index contributed by atoms with van der Waals surface area (Å²) in [6.07, 6.45) is 2.34. The standard InChI is InChI=1S/C15H22N2O/c1-11-6-7-14(13(3)9-11)16-15(18)17-8-4-5-12(2)10-17/h6-7,9,12H,4-5,8,10H2,1-3H3,(H,16,18)/t12-/m0/s1. The van der Waals surface area contributed by atoms with E-state index in [0.29, 0.717) is 5.92 Å². The molecule has 98 valence electrons. The van der Waals surface area contributed by atoms with Crippen molar-refractivity contribution < 1.29 is 4.79 Å². The van der Waals surface area contributed by atoms with E-state index >= 15 is 0 Å². The highest BCUT2D eigenvalue weighted by Crippen LogP contribution is 2.19. The summed E-state index contributed by atoms with van der Waals surface area (Å²) < 4.78 is 0. The number of carbonyl (C=O) groups is 1. The van der Waals surface area contributed by atoms with Gasteiger partial charge >= 0.3 is 6.03 Å². The number of carbonyl (C=O) groups excluding carboxylic acids is 1. The van der Waals surface area contributed by atoms with Crippen molar-refractivity contribution in [1.82, 2.24) is 4.90 Å². The number of benzene rings is 1. The molecule has 1 saturated heterocycles. The minimum absolute atomic E-state index is 0.0357. The zero-order valence-electron chi connectivity index (χ0n) is 11.5. The van der Waals surface area contributed by atoms with Gasteiger partial charge in [-0.15, -0.1) is 0 Å². The van der Waals surface area contributed by atoms with Crippen LogP contribution in [0, 0.1) is 19.8 Å². The lowest BCUT2D eigenvalue weighted by molar-refractivity contribution is 0.182. The first-order chi connectivity index (χ1) is 8.56. The maximum absolute atomic E-state index is 12.2. The molecule has 2 rings (SSSR count). The molecule has 0 radical (unpaired) electrons. The van der Waals surface area contributed by atoms with E-state index in [1.807, 2.05) is 24.0 Å². The molecule has 18 heavy (non-hydrogen) atoms. The summed E-state index contributed by atoms with van der Waals surface area (Å²) in [6, 6.07) is 6.14. The Hall–Kier alpha value is -1.51. The Kier molecular flexibility index (Phi) is 3.90. The van der Waals surface area contributed by atoms with Gasteiger partial charge in [-0.1, -0.05) is 24.6 Å². The molecule has 0 aromatic heterocycles. The van der Waals surface area contributed by atoms with E-state index in [4.69, 9.17) is 0 Å². The fourth-order valence-electron chi connectivity index (χ4n) is 2.52. The SMILES string of the molecule is Cc1ccc(NC(=O)N2CCC[C@H](C)C2)c(C)c1. The molecular formula is C15H22N2O. The third-order valence-corrected chi connectivity index (χ3v) is 3.57. The van der Waals surface area contributed by atoms with Gasteiger partial charge in [0.15, 0.2) is 0 Å². The largest absolute Gasteiger partial charge is 0.324 e. The maximum Gasteiger partial charge on any atom is 0.321 e. The Morgan fingerprint density at radius 2 is 2.17 bits per heavy atom. The molecule has 1 aromatic carbocycles. The van der Waals surface area contributed by atoms with Crippen LogP contribution in [0.15, 0.2) is 18.2 Å². The van der Waals surface area contributed by atoms with Crippen molar-refractivity contribution in [3.63, 3.8) is 0 Å². The Morgan fingerprint density at radius 3 is 2.83 bits per heavy atom. The molecule has 3 nitrogen and oxygen atoms in total. The van der Waals surface area contributed by atoms with Crippen molar-refractivity contribution in [1.29, 1.82) is 0 Å². The summed E-state index contributed by atoms with van der Waals surface area (Å²) in [5.74, 6) is 0.614. The molecule has 1 aliphatic heterocycles. The van der Waals surface area contributed by atoms with E-state index in [2.05, 4.69) is 25.2 Å². The van der Waals surface area contributed by atoms with Crippen LogP contribution in [0.2, 0.25) is 0 Å². The summed E-state index contributed by atoms with van der Waals surface area (Å²) in [5.41, 5.74) is 3.26. The first-order valence-corrected chi connectivity index (χ1v) is 6.69. The third-order valence-electron chi connectivity index (χ3n) is 3.57. The zero-order chi connectivity index (χ0) is 13.1. The topological polar surface area (TPSA) is 32.3 Å². The van der Waals surface area contributed by atoms with E-state index < -0.39 is 0 Å². The van der Waals surface area contributed by atoms with E-state index in [1.54, 1.807) is 0 Å². The first-order valence-electron chi connectivity index (χ1n) is 6.69. The van der Waals surface area contributed by atoms with E-state index in [0.717, 1.165) is 30.8 Å². The summed E-state index contributed by atoms with van der Waals surface area (Å²) in [5, 5.41) is 3.01. The Balaban J connectivity index is 2.02. The number of piperidine rings is 1. The van der Waals surface area contributed by atoms with Crippen molar-refractivity contribution in [2.24, 2.45) is 5.92 Å². The average Bonchev–Trinajstić information content (AvgIpc) is 2.32. The van der Waals surface area contributed by atoms with Gasteiger partial charge in [0.1, 0.15) is 0 Å². The molecular weight excluding hydrogens is 224 g/mol. The number of nitrogens with zero attached hydrogens (tertiary/aromatic N) is 1. The predicted octanol–water partition coefficient (Wildman–Crippen LogP) is 3.57. The van der Waals surface area contributed by atoms with Crippen molar-refractivity contribution in [2.45, 2.75) is 33.6 Å². The van der Waals surface area contributed by atoms with Gasteiger partial charge in [0.25, 0.3) is 0 Å². The van der Waals surface area contributed by atoms with Crippen molar-refractivity contribution >= 4 is 11.7 Å². The molecule has 3 heteroatoms. The summed E-state index contributed by atoms with van der Waals surface area (Å²) >= 11 is 0. The van der Waals surface area contributed by atoms with Crippen LogP contribution in [0.5, 0.6) is 0 Å². The second kappa shape index (κ2) is 5.42. The van der Waals surface area contributed by atoms with Crippen LogP contribution < -0.4 is 5.32 Å². The van der Waals surface area contributed by atoms with Crippen molar-refractivity contribution in [2.75, 3.05) is 18.4 Å². The molecule has 0 unspecified atom stereocenters. The Morgan fingerprint density at radius 1 is 1.39 bits per heavy atom. The lowest BCUT2D eigenvalue weighted by Crippen LogP contribution is -2.41. The average molecular weight is 246 g/mol. The molecule has 1 N–H and O–H groups in total. The van der Waals surface area contributed by atoms with Gasteiger partial charge in [-0.2, -0.15) is 0 Å². The van der Waals surface area contributed by atoms with Gasteiger partial charge in [0.2, 0.25) is 0 Å². The summed E-state index contributed by atoms with van der Waals surface area (Å²) in [6.45, 7) is 8.04. The number of nitrogens with one attached hydrogen (secondary N) is 1. The monoisotopic (exact) mass is 246 g/mol. The predicted molar refractivity (Wildman–Crippen MR) is 74.9 cm³/mol. The molecule has 0 spiro atoms. The minimum Gasteiger partial charge on any atom is -0.324 e. The molecule has 1 aromatic rings. The number of urea groups is 1. The number of aryl methyl sites for hydroxylation is 2. The van der Waals surface area contributed by atoms with Crippen LogP contribution >= 0.6 is 0 Å². The van der Waals surface area contributed by atoms with E-state index in [9.17, 15) is 4.79 Å². The highest BCUT2D eigenvalue weighted by atomic mass is 16.2. The summed E-state index contributed by atoms with van der Waals surface area (Å²) in [7, 11) is 0. The van der Waals surface area contributed by atoms with Gasteiger partial charge in [-0.3, -0.25) is 0 Å². The number of rotatable bonds is 1. The van der Waals surface area contributed by atoms with E-state index in [-0.39, 0.29) is 6.03 Å². The lowest BCUT2D eigenvalue weighted by Gasteiger charge is -2.31. The van der Waals surface area contributed by atoms with Gasteiger partial charge < -0.3 is 10.2 Å². The fraction of sp³-hybridized carbons (Fsp3) is 0.533. The molecule has 1 heterocycles. The first kappa shape index (κ1) is 12.9. The smallest absolute Gasteiger partial charge is 0.321 e. The zero-order valence-corrected chi connectivity index (χ0v) is 11.5. The van der Waals surface area contributed by atoms with E-state index in [1.165, 1.54) is 12.0 Å². The van der Waals surface area contributed by atoms with Crippen LogP contribution in [0.25, 0.3) is 0 Å². The normalized spacial score (nSPS) is 19.7. The van der Waals surface area contributed by atoms with Gasteiger partial charge in [-0.05, 0) is 44.2 Å². The maximum atomic E-state index is 12.2. The van der Waals surface area contributed by atoms with Crippen LogP contribution in [0.1, 0.15) is 30.9 Å². The van der Waals surface area contributed by atoms with Crippen LogP contribution in [0.4, 0.5) is 10.5 Å². The molecule has 1 fully saturated rings.